The number of nitrogens with two attached hydrogens (primary N) is 1. The van der Waals surface area contributed by atoms with Crippen LogP contribution in [-0.4, -0.2) is 6.04 Å². The molecule has 3 unspecified atom stereocenters. The van der Waals surface area contributed by atoms with Gasteiger partial charge in [-0.3, -0.25) is 0 Å². The largest absolute Gasteiger partial charge is 0.324 e. The highest BCUT2D eigenvalue weighted by molar-refractivity contribution is 5.41. The molecule has 0 aliphatic heterocycles. The summed E-state index contributed by atoms with van der Waals surface area (Å²) >= 11 is 0. The molecule has 2 aliphatic carbocycles. The lowest BCUT2D eigenvalue weighted by Crippen LogP contribution is -2.32. The monoisotopic (exact) mass is 257 g/mol. The average Bonchev–Trinajstić information content (AvgIpc) is 2.29. The van der Waals surface area contributed by atoms with Crippen LogP contribution in [0.1, 0.15) is 41.0 Å². The van der Waals surface area contributed by atoms with Crippen LogP contribution in [0, 0.1) is 17.3 Å². The van der Waals surface area contributed by atoms with Crippen molar-refractivity contribution in [1.29, 1.82) is 0 Å². The van der Waals surface area contributed by atoms with Gasteiger partial charge in [0, 0.05) is 12.0 Å². The van der Waals surface area contributed by atoms with Gasteiger partial charge in [0.15, 0.2) is 0 Å². The predicted octanol–water partition coefficient (Wildman–Crippen LogP) is 4.38. The molecule has 0 aromatic heterocycles. The van der Waals surface area contributed by atoms with Crippen LogP contribution >= 0.6 is 0 Å². The Morgan fingerprint density at radius 1 is 1.26 bits per heavy atom. The van der Waals surface area contributed by atoms with E-state index in [-0.39, 0.29) is 11.5 Å². The third-order valence-electron chi connectivity index (χ3n) is 4.31. The Morgan fingerprint density at radius 2 is 1.95 bits per heavy atom. The Balaban J connectivity index is 2.32. The van der Waals surface area contributed by atoms with Crippen LogP contribution in [0.25, 0.3) is 0 Å². The van der Waals surface area contributed by atoms with Gasteiger partial charge in [0.1, 0.15) is 0 Å². The van der Waals surface area contributed by atoms with Crippen LogP contribution in [-0.2, 0) is 0 Å². The number of rotatable bonds is 1. The Labute approximate surface area is 118 Å². The molecule has 0 aromatic rings. The second-order valence-electron chi connectivity index (χ2n) is 7.03. The summed E-state index contributed by atoms with van der Waals surface area (Å²) in [6, 6.07) is 0.186. The zero-order valence-corrected chi connectivity index (χ0v) is 12.9. The molecule has 2 rings (SSSR count). The van der Waals surface area contributed by atoms with Crippen molar-refractivity contribution in [3.05, 3.63) is 47.1 Å². The average molecular weight is 257 g/mol. The number of allylic oxidation sites excluding steroid dienone is 6. The third kappa shape index (κ3) is 2.92. The standard InChI is InChI=1S/C18H27N/c1-12-10-14(18(3,4)5)11-13(2)17(12)15-8-6-7-9-16(15)19/h6-8,10-12,16-17H,9,19H2,1-5H3. The second-order valence-corrected chi connectivity index (χ2v) is 7.03. The van der Waals surface area contributed by atoms with Gasteiger partial charge >= 0.3 is 0 Å². The fraction of sp³-hybridized carbons (Fsp3) is 0.556. The van der Waals surface area contributed by atoms with Gasteiger partial charge in [0.05, 0.1) is 0 Å². The molecule has 2 N–H and O–H groups in total. The summed E-state index contributed by atoms with van der Waals surface area (Å²) < 4.78 is 0. The summed E-state index contributed by atoms with van der Waals surface area (Å²) in [5.41, 5.74) is 10.8. The van der Waals surface area contributed by atoms with E-state index in [9.17, 15) is 0 Å². The second kappa shape index (κ2) is 5.13. The van der Waals surface area contributed by atoms with Crippen molar-refractivity contribution in [3.8, 4) is 0 Å². The van der Waals surface area contributed by atoms with E-state index in [2.05, 4.69) is 65.0 Å². The maximum Gasteiger partial charge on any atom is 0.0298 e. The molecule has 0 fully saturated rings. The van der Waals surface area contributed by atoms with Crippen molar-refractivity contribution in [2.75, 3.05) is 0 Å². The van der Waals surface area contributed by atoms with Gasteiger partial charge in [-0.05, 0) is 35.8 Å². The topological polar surface area (TPSA) is 26.0 Å². The SMILES string of the molecule is CC1=CC(C(C)(C)C)=CC(C)C1C1=CC=CCC1N. The lowest BCUT2D eigenvalue weighted by molar-refractivity contribution is 0.463. The summed E-state index contributed by atoms with van der Waals surface area (Å²) in [5.74, 6) is 1.01. The first-order chi connectivity index (χ1) is 8.80. The van der Waals surface area contributed by atoms with Gasteiger partial charge in [0.2, 0.25) is 0 Å². The zero-order chi connectivity index (χ0) is 14.2. The Kier molecular flexibility index (Phi) is 3.87. The maximum atomic E-state index is 6.29. The van der Waals surface area contributed by atoms with E-state index in [0.717, 1.165) is 6.42 Å². The van der Waals surface area contributed by atoms with Crippen LogP contribution in [0.5, 0.6) is 0 Å². The van der Waals surface area contributed by atoms with Crippen molar-refractivity contribution >= 4 is 0 Å². The van der Waals surface area contributed by atoms with Crippen LogP contribution in [0.2, 0.25) is 0 Å². The molecule has 3 atom stereocenters. The minimum Gasteiger partial charge on any atom is -0.324 e. The van der Waals surface area contributed by atoms with E-state index < -0.39 is 0 Å². The molecule has 1 nitrogen and oxygen atoms in total. The van der Waals surface area contributed by atoms with Gasteiger partial charge in [-0.25, -0.2) is 0 Å². The molecule has 0 aromatic carbocycles. The molecule has 104 valence electrons. The molecule has 0 amide bonds. The van der Waals surface area contributed by atoms with E-state index >= 15 is 0 Å². The fourth-order valence-corrected chi connectivity index (χ4v) is 3.21. The quantitative estimate of drug-likeness (QED) is 0.741. The Morgan fingerprint density at radius 3 is 2.47 bits per heavy atom. The Bertz CT molecular complexity index is 468. The first-order valence-corrected chi connectivity index (χ1v) is 7.33. The Hall–Kier alpha value is -1.08. The van der Waals surface area contributed by atoms with Crippen molar-refractivity contribution in [2.24, 2.45) is 23.0 Å². The molecular formula is C18H27N. The molecule has 0 heterocycles. The van der Waals surface area contributed by atoms with Crippen LogP contribution < -0.4 is 5.73 Å². The normalized spacial score (nSPS) is 31.7. The van der Waals surface area contributed by atoms with Gasteiger partial charge in [0.25, 0.3) is 0 Å². The molecule has 0 spiro atoms. The van der Waals surface area contributed by atoms with Crippen molar-refractivity contribution in [1.82, 2.24) is 0 Å². The minimum absolute atomic E-state index is 0.186. The highest BCUT2D eigenvalue weighted by atomic mass is 14.6. The molecule has 0 bridgehead atoms. The van der Waals surface area contributed by atoms with Crippen molar-refractivity contribution in [3.63, 3.8) is 0 Å². The van der Waals surface area contributed by atoms with Crippen LogP contribution in [0.4, 0.5) is 0 Å². The minimum atomic E-state index is 0.186. The molecule has 0 saturated carbocycles. The lowest BCUT2D eigenvalue weighted by atomic mass is 9.70. The fourth-order valence-electron chi connectivity index (χ4n) is 3.21. The highest BCUT2D eigenvalue weighted by Crippen LogP contribution is 2.41. The molecule has 1 heteroatoms. The number of hydrogen-bond donors (Lipinski definition) is 1. The van der Waals surface area contributed by atoms with Gasteiger partial charge < -0.3 is 5.73 Å². The van der Waals surface area contributed by atoms with Gasteiger partial charge in [-0.2, -0.15) is 0 Å². The summed E-state index contributed by atoms with van der Waals surface area (Å²) in [7, 11) is 0. The smallest absolute Gasteiger partial charge is 0.0298 e. The van der Waals surface area contributed by atoms with Crippen molar-refractivity contribution < 1.29 is 0 Å². The summed E-state index contributed by atoms with van der Waals surface area (Å²) in [6.07, 6.45) is 12.3. The summed E-state index contributed by atoms with van der Waals surface area (Å²) in [6.45, 7) is 11.4. The summed E-state index contributed by atoms with van der Waals surface area (Å²) in [5, 5.41) is 0. The predicted molar refractivity (Wildman–Crippen MR) is 83.8 cm³/mol. The van der Waals surface area contributed by atoms with E-state index in [0.29, 0.717) is 11.8 Å². The molecule has 0 saturated heterocycles. The zero-order valence-electron chi connectivity index (χ0n) is 12.9. The summed E-state index contributed by atoms with van der Waals surface area (Å²) in [4.78, 5) is 0. The number of hydrogen-bond acceptors (Lipinski definition) is 1. The lowest BCUT2D eigenvalue weighted by Gasteiger charge is -2.36. The molecule has 2 aliphatic rings. The first kappa shape index (κ1) is 14.3. The third-order valence-corrected chi connectivity index (χ3v) is 4.31. The van der Waals surface area contributed by atoms with E-state index in [1.165, 1.54) is 16.7 Å². The molecular weight excluding hydrogens is 230 g/mol. The van der Waals surface area contributed by atoms with E-state index in [1.807, 2.05) is 0 Å². The highest BCUT2D eigenvalue weighted by Gasteiger charge is 2.30. The van der Waals surface area contributed by atoms with Gasteiger partial charge in [-0.1, -0.05) is 63.6 Å². The first-order valence-electron chi connectivity index (χ1n) is 7.33. The molecule has 0 radical (unpaired) electrons. The van der Waals surface area contributed by atoms with Crippen LogP contribution in [0.15, 0.2) is 47.1 Å². The van der Waals surface area contributed by atoms with Gasteiger partial charge in [-0.15, -0.1) is 0 Å². The molecule has 19 heavy (non-hydrogen) atoms. The van der Waals surface area contributed by atoms with E-state index in [4.69, 9.17) is 5.73 Å². The van der Waals surface area contributed by atoms with Crippen LogP contribution in [0.3, 0.4) is 0 Å². The van der Waals surface area contributed by atoms with E-state index in [1.54, 1.807) is 0 Å². The van der Waals surface area contributed by atoms with Crippen molar-refractivity contribution in [2.45, 2.75) is 47.1 Å². The maximum absolute atomic E-state index is 6.29.